The molecule has 15 heavy (non-hydrogen) atoms. The summed E-state index contributed by atoms with van der Waals surface area (Å²) in [6.07, 6.45) is 0. The van der Waals surface area contributed by atoms with Crippen LogP contribution < -0.4 is 5.56 Å². The zero-order valence-electron chi connectivity index (χ0n) is 8.17. The molecule has 0 fully saturated rings. The molecule has 0 aliphatic rings. The summed E-state index contributed by atoms with van der Waals surface area (Å²) in [5.41, 5.74) is 1.69. The van der Waals surface area contributed by atoms with Crippen molar-refractivity contribution in [3.63, 3.8) is 0 Å². The highest BCUT2D eigenvalue weighted by Gasteiger charge is 2.08. The number of aliphatic hydroxyl groups is 1. The number of aromatic nitrogens is 1. The first kappa shape index (κ1) is 10.2. The highest BCUT2D eigenvalue weighted by molar-refractivity contribution is 6.31. The second-order valence-electron chi connectivity index (χ2n) is 3.41. The molecular formula is C11H10ClNO2. The summed E-state index contributed by atoms with van der Waals surface area (Å²) in [6.45, 7) is 1.53. The van der Waals surface area contributed by atoms with Crippen molar-refractivity contribution in [3.8, 4) is 0 Å². The molecule has 1 heterocycles. The summed E-state index contributed by atoms with van der Waals surface area (Å²) in [5.74, 6) is 0. The molecule has 0 unspecified atom stereocenters. The summed E-state index contributed by atoms with van der Waals surface area (Å²) in [5, 5.41) is 10.6. The molecule has 0 saturated heterocycles. The van der Waals surface area contributed by atoms with Gasteiger partial charge in [-0.2, -0.15) is 0 Å². The van der Waals surface area contributed by atoms with Crippen LogP contribution in [0.3, 0.4) is 0 Å². The molecule has 0 radical (unpaired) electrons. The molecule has 2 rings (SSSR count). The van der Waals surface area contributed by atoms with Gasteiger partial charge in [0.15, 0.2) is 0 Å². The minimum absolute atomic E-state index is 0.160. The van der Waals surface area contributed by atoms with E-state index in [-0.39, 0.29) is 12.2 Å². The number of aromatic amines is 1. The number of hydrogen-bond acceptors (Lipinski definition) is 2. The number of benzene rings is 1. The average molecular weight is 224 g/mol. The molecule has 1 aromatic carbocycles. The van der Waals surface area contributed by atoms with Crippen LogP contribution in [-0.2, 0) is 6.61 Å². The standard InChI is InChI=1S/C11H10ClNO2/c1-6-9(5-14)8-4-7(12)2-3-10(8)13-11(6)15/h2-4,14H,5H2,1H3,(H,13,15). The van der Waals surface area contributed by atoms with Crippen molar-refractivity contribution in [2.75, 3.05) is 0 Å². The van der Waals surface area contributed by atoms with E-state index in [1.165, 1.54) is 0 Å². The Hall–Kier alpha value is -1.32. The van der Waals surface area contributed by atoms with E-state index in [9.17, 15) is 9.90 Å². The van der Waals surface area contributed by atoms with E-state index in [2.05, 4.69) is 4.98 Å². The highest BCUT2D eigenvalue weighted by Crippen LogP contribution is 2.21. The van der Waals surface area contributed by atoms with E-state index >= 15 is 0 Å². The number of nitrogens with one attached hydrogen (secondary N) is 1. The highest BCUT2D eigenvalue weighted by atomic mass is 35.5. The SMILES string of the molecule is Cc1c(CO)c2cc(Cl)ccc2[nH]c1=O. The minimum atomic E-state index is -0.172. The van der Waals surface area contributed by atoms with Crippen molar-refractivity contribution in [1.29, 1.82) is 0 Å². The predicted octanol–water partition coefficient (Wildman–Crippen LogP) is 1.98. The quantitative estimate of drug-likeness (QED) is 0.777. The van der Waals surface area contributed by atoms with Crippen molar-refractivity contribution >= 4 is 22.5 Å². The van der Waals surface area contributed by atoms with Crippen molar-refractivity contribution in [3.05, 3.63) is 44.7 Å². The fraction of sp³-hybridized carbons (Fsp3) is 0.182. The molecule has 4 heteroatoms. The Balaban J connectivity index is 2.95. The van der Waals surface area contributed by atoms with E-state index in [1.54, 1.807) is 25.1 Å². The Morgan fingerprint density at radius 2 is 2.20 bits per heavy atom. The molecule has 2 N–H and O–H groups in total. The lowest BCUT2D eigenvalue weighted by molar-refractivity contribution is 0.282. The van der Waals surface area contributed by atoms with Crippen molar-refractivity contribution in [2.24, 2.45) is 0 Å². The van der Waals surface area contributed by atoms with Crippen LogP contribution in [0.5, 0.6) is 0 Å². The van der Waals surface area contributed by atoms with Gasteiger partial charge in [-0.15, -0.1) is 0 Å². The number of hydrogen-bond donors (Lipinski definition) is 2. The Kier molecular flexibility index (Phi) is 2.50. The van der Waals surface area contributed by atoms with Crippen molar-refractivity contribution in [2.45, 2.75) is 13.5 Å². The Morgan fingerprint density at radius 3 is 2.87 bits per heavy atom. The molecule has 0 atom stereocenters. The molecule has 3 nitrogen and oxygen atoms in total. The molecule has 2 aromatic rings. The van der Waals surface area contributed by atoms with Gasteiger partial charge in [0.05, 0.1) is 6.61 Å². The zero-order chi connectivity index (χ0) is 11.0. The third-order valence-corrected chi connectivity index (χ3v) is 2.74. The maximum atomic E-state index is 11.5. The van der Waals surface area contributed by atoms with E-state index in [4.69, 9.17) is 11.6 Å². The number of pyridine rings is 1. The van der Waals surface area contributed by atoms with Crippen molar-refractivity contribution in [1.82, 2.24) is 4.98 Å². The third kappa shape index (κ3) is 1.64. The lowest BCUT2D eigenvalue weighted by Gasteiger charge is -2.07. The monoisotopic (exact) mass is 223 g/mol. The van der Waals surface area contributed by atoms with Crippen molar-refractivity contribution < 1.29 is 5.11 Å². The number of aliphatic hydroxyl groups excluding tert-OH is 1. The van der Waals surface area contributed by atoms with Crippen LogP contribution >= 0.6 is 11.6 Å². The number of H-pyrrole nitrogens is 1. The van der Waals surface area contributed by atoms with Crippen LogP contribution in [0.2, 0.25) is 5.02 Å². The Morgan fingerprint density at radius 1 is 1.47 bits per heavy atom. The van der Waals surface area contributed by atoms with E-state index < -0.39 is 0 Å². The summed E-state index contributed by atoms with van der Waals surface area (Å²) < 4.78 is 0. The van der Waals surface area contributed by atoms with Gasteiger partial charge >= 0.3 is 0 Å². The van der Waals surface area contributed by atoms with Gasteiger partial charge in [0.1, 0.15) is 0 Å². The Labute approximate surface area is 91.3 Å². The van der Waals surface area contributed by atoms with E-state index in [0.29, 0.717) is 21.7 Å². The van der Waals surface area contributed by atoms with Crippen LogP contribution in [0.25, 0.3) is 10.9 Å². The fourth-order valence-electron chi connectivity index (χ4n) is 1.63. The molecule has 0 bridgehead atoms. The van der Waals surface area contributed by atoms with Gasteiger partial charge in [-0.05, 0) is 30.7 Å². The van der Waals surface area contributed by atoms with Crippen LogP contribution in [0.4, 0.5) is 0 Å². The van der Waals surface area contributed by atoms with Gasteiger partial charge in [-0.3, -0.25) is 4.79 Å². The van der Waals surface area contributed by atoms with Gasteiger partial charge in [-0.1, -0.05) is 11.6 Å². The van der Waals surface area contributed by atoms with Crippen LogP contribution in [-0.4, -0.2) is 10.1 Å². The first-order valence-corrected chi connectivity index (χ1v) is 4.93. The molecule has 0 saturated carbocycles. The summed E-state index contributed by atoms with van der Waals surface area (Å²) in [4.78, 5) is 14.2. The Bertz CT molecular complexity index is 575. The average Bonchev–Trinajstić information content (AvgIpc) is 2.21. The largest absolute Gasteiger partial charge is 0.392 e. The molecule has 0 aliphatic carbocycles. The smallest absolute Gasteiger partial charge is 0.251 e. The molecule has 1 aromatic heterocycles. The van der Waals surface area contributed by atoms with Gasteiger partial charge in [0.2, 0.25) is 0 Å². The van der Waals surface area contributed by atoms with Gasteiger partial charge in [0, 0.05) is 21.5 Å². The van der Waals surface area contributed by atoms with Gasteiger partial charge in [-0.25, -0.2) is 0 Å². The lowest BCUT2D eigenvalue weighted by Crippen LogP contribution is -2.12. The fourth-order valence-corrected chi connectivity index (χ4v) is 1.81. The summed E-state index contributed by atoms with van der Waals surface area (Å²) in [7, 11) is 0. The minimum Gasteiger partial charge on any atom is -0.392 e. The predicted molar refractivity (Wildman–Crippen MR) is 60.2 cm³/mol. The molecule has 0 aliphatic heterocycles. The van der Waals surface area contributed by atoms with Crippen LogP contribution in [0, 0.1) is 6.92 Å². The molecule has 0 spiro atoms. The normalized spacial score (nSPS) is 10.9. The maximum absolute atomic E-state index is 11.5. The lowest BCUT2D eigenvalue weighted by atomic mass is 10.1. The number of halogens is 1. The van der Waals surface area contributed by atoms with E-state index in [0.717, 1.165) is 5.39 Å². The van der Waals surface area contributed by atoms with Gasteiger partial charge in [0.25, 0.3) is 5.56 Å². The third-order valence-electron chi connectivity index (χ3n) is 2.51. The zero-order valence-corrected chi connectivity index (χ0v) is 8.93. The molecule has 78 valence electrons. The van der Waals surface area contributed by atoms with E-state index in [1.807, 2.05) is 0 Å². The first-order valence-electron chi connectivity index (χ1n) is 4.55. The second-order valence-corrected chi connectivity index (χ2v) is 3.84. The summed E-state index contributed by atoms with van der Waals surface area (Å²) in [6, 6.07) is 5.18. The maximum Gasteiger partial charge on any atom is 0.251 e. The topological polar surface area (TPSA) is 53.1 Å². The van der Waals surface area contributed by atoms with Crippen LogP contribution in [0.15, 0.2) is 23.0 Å². The van der Waals surface area contributed by atoms with Gasteiger partial charge < -0.3 is 10.1 Å². The second kappa shape index (κ2) is 3.68. The first-order chi connectivity index (χ1) is 7.13. The number of rotatable bonds is 1. The number of fused-ring (bicyclic) bond motifs is 1. The molecular weight excluding hydrogens is 214 g/mol. The summed E-state index contributed by atoms with van der Waals surface area (Å²) >= 11 is 5.87. The van der Waals surface area contributed by atoms with Crippen LogP contribution in [0.1, 0.15) is 11.1 Å². The molecule has 0 amide bonds.